The van der Waals surface area contributed by atoms with E-state index < -0.39 is 10.7 Å². The van der Waals surface area contributed by atoms with Crippen molar-refractivity contribution >= 4 is 22.1 Å². The number of piperidine rings is 1. The molecule has 3 aromatic rings. The zero-order chi connectivity index (χ0) is 26.2. The summed E-state index contributed by atoms with van der Waals surface area (Å²) >= 11 is 0. The van der Waals surface area contributed by atoms with Gasteiger partial charge in [-0.3, -0.25) is 0 Å². The second-order valence-electron chi connectivity index (χ2n) is 10.0. The third-order valence-electron chi connectivity index (χ3n) is 6.69. The van der Waals surface area contributed by atoms with Crippen molar-refractivity contribution in [1.29, 1.82) is 0 Å². The third-order valence-corrected chi connectivity index (χ3v) is 8.78. The molecule has 0 aliphatic carbocycles. The van der Waals surface area contributed by atoms with Crippen LogP contribution in [0, 0.1) is 5.92 Å². The van der Waals surface area contributed by atoms with Crippen LogP contribution in [0.3, 0.4) is 0 Å². The Bertz CT molecular complexity index is 1140. The standard InChI is InChI=1S/C29H40N4O3S/c1-6-37(32-22(4)19-34-5)27-13-9-25(10-14-27)24-7-11-26(12-8-24)35-20-23-15-17-33(18-16-23)29-30-28(21(2)3)31-36-29/h6-14,21-23,32H,15-20H2,1-5H3/p+1. The van der Waals surface area contributed by atoms with Crippen LogP contribution in [0.5, 0.6) is 5.75 Å². The van der Waals surface area contributed by atoms with Gasteiger partial charge in [-0.1, -0.05) is 31.1 Å². The Balaban J connectivity index is 1.26. The van der Waals surface area contributed by atoms with Crippen molar-refractivity contribution in [1.82, 2.24) is 14.9 Å². The lowest BCUT2D eigenvalue weighted by atomic mass is 9.98. The molecule has 7 nitrogen and oxygen atoms in total. The molecule has 1 fully saturated rings. The highest BCUT2D eigenvalue weighted by Crippen LogP contribution is 2.26. The number of rotatable bonds is 11. The highest BCUT2D eigenvalue weighted by atomic mass is 32.2. The molecule has 2 aromatic carbocycles. The highest BCUT2D eigenvalue weighted by molar-refractivity contribution is 7.93. The zero-order valence-electron chi connectivity index (χ0n) is 22.7. The smallest absolute Gasteiger partial charge is 0.324 e. The number of benzene rings is 2. The summed E-state index contributed by atoms with van der Waals surface area (Å²) in [7, 11) is 1.23. The minimum absolute atomic E-state index is 0.277. The van der Waals surface area contributed by atoms with Crippen LogP contribution in [-0.2, 0) is 15.4 Å². The van der Waals surface area contributed by atoms with Crippen LogP contribution in [0.4, 0.5) is 6.01 Å². The van der Waals surface area contributed by atoms with Crippen LogP contribution < -0.4 is 14.4 Å². The molecule has 2 unspecified atom stereocenters. The fourth-order valence-corrected chi connectivity index (χ4v) is 6.09. The summed E-state index contributed by atoms with van der Waals surface area (Å²) in [4.78, 5) is 8.03. The normalized spacial score (nSPS) is 16.3. The highest BCUT2D eigenvalue weighted by Gasteiger charge is 2.24. The molecule has 1 aromatic heterocycles. The maximum Gasteiger partial charge on any atom is 0.324 e. The van der Waals surface area contributed by atoms with E-state index in [0.29, 0.717) is 24.6 Å². The Hall–Kier alpha value is -2.68. The van der Waals surface area contributed by atoms with E-state index in [1.165, 1.54) is 16.0 Å². The summed E-state index contributed by atoms with van der Waals surface area (Å²) in [6, 6.07) is 18.2. The lowest BCUT2D eigenvalue weighted by molar-refractivity contribution is 0.181. The van der Waals surface area contributed by atoms with Gasteiger partial charge in [0, 0.05) is 26.1 Å². The van der Waals surface area contributed by atoms with E-state index in [-0.39, 0.29) is 5.92 Å². The fourth-order valence-electron chi connectivity index (χ4n) is 4.48. The topological polar surface area (TPSA) is 72.7 Å². The van der Waals surface area contributed by atoms with Crippen molar-refractivity contribution in [2.24, 2.45) is 5.92 Å². The second kappa shape index (κ2) is 13.2. The van der Waals surface area contributed by atoms with Gasteiger partial charge in [0.05, 0.1) is 24.6 Å². The van der Waals surface area contributed by atoms with Crippen molar-refractivity contribution in [2.75, 3.05) is 38.3 Å². The molecule has 2 atom stereocenters. The molecule has 0 radical (unpaired) electrons. The lowest BCUT2D eigenvalue weighted by Crippen LogP contribution is -2.35. The molecule has 0 bridgehead atoms. The molecule has 4 rings (SSSR count). The maximum absolute atomic E-state index is 6.14. The second-order valence-corrected chi connectivity index (χ2v) is 12.0. The van der Waals surface area contributed by atoms with Crippen LogP contribution in [0.25, 0.3) is 11.1 Å². The predicted octanol–water partition coefficient (Wildman–Crippen LogP) is 5.23. The largest absolute Gasteiger partial charge is 0.493 e. The van der Waals surface area contributed by atoms with E-state index >= 15 is 0 Å². The number of hydrogen-bond donors (Lipinski definition) is 1. The van der Waals surface area contributed by atoms with Gasteiger partial charge >= 0.3 is 6.01 Å². The van der Waals surface area contributed by atoms with Crippen molar-refractivity contribution in [2.45, 2.75) is 57.4 Å². The predicted molar refractivity (Wildman–Crippen MR) is 154 cm³/mol. The van der Waals surface area contributed by atoms with E-state index in [4.69, 9.17) is 14.0 Å². The van der Waals surface area contributed by atoms with Crippen molar-refractivity contribution in [3.05, 3.63) is 54.4 Å². The Morgan fingerprint density at radius 2 is 1.70 bits per heavy atom. The van der Waals surface area contributed by atoms with Gasteiger partial charge in [-0.15, -0.1) is 0 Å². The first-order valence-electron chi connectivity index (χ1n) is 13.2. The van der Waals surface area contributed by atoms with Gasteiger partial charge in [0.25, 0.3) is 0 Å². The summed E-state index contributed by atoms with van der Waals surface area (Å²) in [6.45, 7) is 11.7. The van der Waals surface area contributed by atoms with Crippen LogP contribution in [0.15, 0.2) is 57.9 Å². The van der Waals surface area contributed by atoms with Crippen LogP contribution in [-0.4, -0.2) is 55.0 Å². The van der Waals surface area contributed by atoms with E-state index in [9.17, 15) is 0 Å². The number of hydrogen-bond acceptors (Lipinski definition) is 7. The molecule has 0 saturated carbocycles. The average Bonchev–Trinajstić information content (AvgIpc) is 3.42. The van der Waals surface area contributed by atoms with Crippen molar-refractivity contribution < 1.29 is 14.0 Å². The van der Waals surface area contributed by atoms with Gasteiger partial charge in [0.15, 0.2) is 5.82 Å². The number of nitrogens with one attached hydrogen (secondary N) is 1. The van der Waals surface area contributed by atoms with Gasteiger partial charge < -0.3 is 18.9 Å². The third kappa shape index (κ3) is 7.43. The first kappa shape index (κ1) is 27.4. The van der Waals surface area contributed by atoms with Gasteiger partial charge in [-0.05, 0) is 90.8 Å². The number of ether oxygens (including phenoxy) is 2. The van der Waals surface area contributed by atoms with E-state index in [2.05, 4.69) is 101 Å². The molecule has 200 valence electrons. The van der Waals surface area contributed by atoms with Gasteiger partial charge in [0.1, 0.15) is 10.6 Å². The molecule has 37 heavy (non-hydrogen) atoms. The molecule has 8 heteroatoms. The quantitative estimate of drug-likeness (QED) is 0.209. The zero-order valence-corrected chi connectivity index (χ0v) is 23.6. The van der Waals surface area contributed by atoms with Crippen LogP contribution in [0.1, 0.15) is 52.3 Å². The summed E-state index contributed by atoms with van der Waals surface area (Å²) in [6.07, 6.45) is 2.11. The molecule has 2 heterocycles. The number of thiol groups is 1. The number of anilines is 1. The van der Waals surface area contributed by atoms with Gasteiger partial charge in [-0.2, -0.15) is 9.71 Å². The van der Waals surface area contributed by atoms with E-state index in [1.807, 2.05) is 0 Å². The summed E-state index contributed by atoms with van der Waals surface area (Å²) in [5.41, 5.74) is 2.40. The van der Waals surface area contributed by atoms with E-state index in [0.717, 1.165) is 44.1 Å². The minimum Gasteiger partial charge on any atom is -0.493 e. The Labute approximate surface area is 223 Å². The molecular formula is C29H41N4O3S+. The maximum atomic E-state index is 6.14. The molecule has 0 spiro atoms. The summed E-state index contributed by atoms with van der Waals surface area (Å²) in [5.74, 6) is 2.50. The fraction of sp³-hybridized carbons (Fsp3) is 0.483. The number of nitrogens with zero attached hydrogens (tertiary/aromatic N) is 3. The Morgan fingerprint density at radius 3 is 2.27 bits per heavy atom. The van der Waals surface area contributed by atoms with Gasteiger partial charge in [0.2, 0.25) is 0 Å². The van der Waals surface area contributed by atoms with Crippen molar-refractivity contribution in [3.63, 3.8) is 0 Å². The minimum atomic E-state index is -0.510. The molecule has 0 amide bonds. The number of aromatic nitrogens is 2. The average molecular weight is 526 g/mol. The van der Waals surface area contributed by atoms with E-state index in [1.54, 1.807) is 7.11 Å². The number of methoxy groups -OCH3 is 1. The first-order chi connectivity index (χ1) is 18.0. The summed E-state index contributed by atoms with van der Waals surface area (Å²) in [5, 5.41) is 6.34. The lowest BCUT2D eigenvalue weighted by Gasteiger charge is -2.30. The van der Waals surface area contributed by atoms with Crippen LogP contribution >= 0.6 is 0 Å². The van der Waals surface area contributed by atoms with Gasteiger partial charge in [-0.25, -0.2) is 0 Å². The SMILES string of the molecule is CC=[SH+](NC(C)COC)c1ccc(-c2ccc(OCC3CCN(c4nc(C(C)C)no4)CC3)cc2)cc1. The first-order valence-corrected chi connectivity index (χ1v) is 14.6. The molecule has 1 N–H and O–H groups in total. The summed E-state index contributed by atoms with van der Waals surface area (Å²) < 4.78 is 20.5. The van der Waals surface area contributed by atoms with Crippen molar-refractivity contribution in [3.8, 4) is 16.9 Å². The monoisotopic (exact) mass is 525 g/mol. The molecule has 1 aliphatic heterocycles. The molecule has 1 aliphatic rings. The molecular weight excluding hydrogens is 484 g/mol. The molecule has 1 saturated heterocycles. The van der Waals surface area contributed by atoms with Crippen LogP contribution in [0.2, 0.25) is 0 Å². The Kier molecular flexibility index (Phi) is 9.77. The Morgan fingerprint density at radius 1 is 1.05 bits per heavy atom.